The first kappa shape index (κ1) is 14.8. The van der Waals surface area contributed by atoms with Crippen molar-refractivity contribution in [1.29, 1.82) is 0 Å². The van der Waals surface area contributed by atoms with Gasteiger partial charge in [-0.25, -0.2) is 4.98 Å². The molecule has 19 heavy (non-hydrogen) atoms. The van der Waals surface area contributed by atoms with E-state index in [0.29, 0.717) is 6.04 Å². The minimum atomic E-state index is 0.536. The van der Waals surface area contributed by atoms with Crippen LogP contribution in [0.15, 0.2) is 6.20 Å². The van der Waals surface area contributed by atoms with Gasteiger partial charge in [-0.15, -0.1) is 11.3 Å². The molecule has 0 aliphatic carbocycles. The average molecular weight is 281 g/mol. The molecule has 2 heterocycles. The van der Waals surface area contributed by atoms with E-state index >= 15 is 0 Å². The van der Waals surface area contributed by atoms with Gasteiger partial charge in [0.15, 0.2) is 5.13 Å². The largest absolute Gasteiger partial charge is 0.345 e. The first-order valence-corrected chi connectivity index (χ1v) is 8.47. The summed E-state index contributed by atoms with van der Waals surface area (Å²) in [5.41, 5.74) is 0. The summed E-state index contributed by atoms with van der Waals surface area (Å²) in [7, 11) is 0. The molecule has 1 aromatic rings. The van der Waals surface area contributed by atoms with Gasteiger partial charge in [0.25, 0.3) is 0 Å². The number of nitrogens with zero attached hydrogens (tertiary/aromatic N) is 2. The minimum Gasteiger partial charge on any atom is -0.345 e. The summed E-state index contributed by atoms with van der Waals surface area (Å²) < 4.78 is 0. The van der Waals surface area contributed by atoms with Crippen molar-refractivity contribution < 1.29 is 0 Å². The van der Waals surface area contributed by atoms with Gasteiger partial charge in [-0.05, 0) is 25.7 Å². The van der Waals surface area contributed by atoms with E-state index < -0.39 is 0 Å². The molecule has 0 radical (unpaired) electrons. The Kier molecular flexibility index (Phi) is 5.64. The van der Waals surface area contributed by atoms with Crippen LogP contribution in [0.25, 0.3) is 0 Å². The van der Waals surface area contributed by atoms with Crippen molar-refractivity contribution >= 4 is 16.5 Å². The van der Waals surface area contributed by atoms with E-state index in [4.69, 9.17) is 0 Å². The summed E-state index contributed by atoms with van der Waals surface area (Å²) >= 11 is 1.86. The van der Waals surface area contributed by atoms with Gasteiger partial charge in [-0.2, -0.15) is 0 Å². The van der Waals surface area contributed by atoms with Crippen LogP contribution < -0.4 is 10.2 Å². The Balaban J connectivity index is 1.99. The molecular formula is C15H27N3S. The molecule has 1 aromatic heterocycles. The normalized spacial score (nSPS) is 20.2. The highest BCUT2D eigenvalue weighted by Crippen LogP contribution is 2.30. The van der Waals surface area contributed by atoms with Crippen LogP contribution >= 0.6 is 11.3 Å². The Labute approximate surface area is 121 Å². The van der Waals surface area contributed by atoms with E-state index in [1.807, 2.05) is 17.5 Å². The van der Waals surface area contributed by atoms with Gasteiger partial charge in [0.05, 0.1) is 0 Å². The van der Waals surface area contributed by atoms with E-state index in [-0.39, 0.29) is 0 Å². The Morgan fingerprint density at radius 2 is 2.32 bits per heavy atom. The third kappa shape index (κ3) is 4.18. The maximum absolute atomic E-state index is 4.65. The number of nitrogens with one attached hydrogen (secondary N) is 1. The van der Waals surface area contributed by atoms with Crippen LogP contribution in [0.4, 0.5) is 5.13 Å². The number of hydrogen-bond acceptors (Lipinski definition) is 4. The van der Waals surface area contributed by atoms with Crippen molar-refractivity contribution in [1.82, 2.24) is 10.3 Å². The number of rotatable bonds is 6. The summed E-state index contributed by atoms with van der Waals surface area (Å²) in [5, 5.41) is 4.70. The molecule has 2 rings (SSSR count). The third-order valence-corrected chi connectivity index (χ3v) is 4.76. The van der Waals surface area contributed by atoms with Crippen LogP contribution in [0.5, 0.6) is 0 Å². The van der Waals surface area contributed by atoms with E-state index in [9.17, 15) is 0 Å². The lowest BCUT2D eigenvalue weighted by Crippen LogP contribution is -2.39. The Morgan fingerprint density at radius 1 is 1.47 bits per heavy atom. The predicted octanol–water partition coefficient (Wildman–Crippen LogP) is 3.80. The molecule has 0 saturated carbocycles. The molecule has 0 amide bonds. The van der Waals surface area contributed by atoms with Crippen molar-refractivity contribution in [3.05, 3.63) is 11.1 Å². The molecule has 4 heteroatoms. The fraction of sp³-hybridized carbons (Fsp3) is 0.800. The number of aromatic nitrogens is 1. The summed E-state index contributed by atoms with van der Waals surface area (Å²) in [4.78, 5) is 8.56. The van der Waals surface area contributed by atoms with Crippen LogP contribution in [0.1, 0.15) is 57.8 Å². The van der Waals surface area contributed by atoms with Crippen molar-refractivity contribution in [3.63, 3.8) is 0 Å². The summed E-state index contributed by atoms with van der Waals surface area (Å²) in [6, 6.07) is 1.25. The Hall–Kier alpha value is -0.610. The highest BCUT2D eigenvalue weighted by Gasteiger charge is 2.23. The standard InChI is InChI=1S/C15H27N3S/c1-4-7-13-8-5-6-9-18(13)15-17-11-14(19-15)10-16-12(2)3/h11-13,16H,4-10H2,1-3H3. The Bertz CT molecular complexity index is 373. The number of thiazole rings is 1. The van der Waals surface area contributed by atoms with Gasteiger partial charge in [-0.1, -0.05) is 27.2 Å². The Morgan fingerprint density at radius 3 is 3.05 bits per heavy atom. The van der Waals surface area contributed by atoms with E-state index in [1.54, 1.807) is 0 Å². The number of piperidine rings is 1. The van der Waals surface area contributed by atoms with Gasteiger partial charge in [0.1, 0.15) is 0 Å². The maximum atomic E-state index is 4.65. The van der Waals surface area contributed by atoms with Crippen LogP contribution in [-0.2, 0) is 6.54 Å². The smallest absolute Gasteiger partial charge is 0.185 e. The highest BCUT2D eigenvalue weighted by atomic mass is 32.1. The first-order chi connectivity index (χ1) is 9.20. The molecule has 0 bridgehead atoms. The second kappa shape index (κ2) is 7.25. The molecule has 0 aromatic carbocycles. The molecule has 1 unspecified atom stereocenters. The van der Waals surface area contributed by atoms with Crippen molar-refractivity contribution in [3.8, 4) is 0 Å². The zero-order valence-electron chi connectivity index (χ0n) is 12.5. The summed E-state index contributed by atoms with van der Waals surface area (Å²) in [6.45, 7) is 8.79. The first-order valence-electron chi connectivity index (χ1n) is 7.65. The van der Waals surface area contributed by atoms with Crippen molar-refractivity contribution in [2.75, 3.05) is 11.4 Å². The van der Waals surface area contributed by atoms with Gasteiger partial charge in [0, 0.05) is 36.2 Å². The maximum Gasteiger partial charge on any atom is 0.185 e. The van der Waals surface area contributed by atoms with Crippen LogP contribution in [-0.4, -0.2) is 23.6 Å². The summed E-state index contributed by atoms with van der Waals surface area (Å²) in [6.07, 6.45) is 8.67. The SMILES string of the molecule is CCCC1CCCCN1c1ncc(CNC(C)C)s1. The van der Waals surface area contributed by atoms with Gasteiger partial charge < -0.3 is 10.2 Å². The lowest BCUT2D eigenvalue weighted by molar-refractivity contribution is 0.434. The quantitative estimate of drug-likeness (QED) is 0.859. The summed E-state index contributed by atoms with van der Waals surface area (Å²) in [5.74, 6) is 0. The van der Waals surface area contributed by atoms with Gasteiger partial charge in [-0.3, -0.25) is 0 Å². The molecule has 1 atom stereocenters. The van der Waals surface area contributed by atoms with Crippen LogP contribution in [0, 0.1) is 0 Å². The van der Waals surface area contributed by atoms with E-state index in [0.717, 1.165) is 12.6 Å². The molecule has 0 spiro atoms. The topological polar surface area (TPSA) is 28.2 Å². The number of anilines is 1. The predicted molar refractivity (Wildman–Crippen MR) is 84.0 cm³/mol. The van der Waals surface area contributed by atoms with Gasteiger partial charge in [0.2, 0.25) is 0 Å². The molecule has 1 N–H and O–H groups in total. The second-order valence-corrected chi connectivity index (χ2v) is 6.87. The molecule has 1 fully saturated rings. The number of hydrogen-bond donors (Lipinski definition) is 1. The van der Waals surface area contributed by atoms with Crippen molar-refractivity contribution in [2.24, 2.45) is 0 Å². The average Bonchev–Trinajstić information content (AvgIpc) is 2.86. The van der Waals surface area contributed by atoms with Gasteiger partial charge >= 0.3 is 0 Å². The third-order valence-electron chi connectivity index (χ3n) is 3.72. The molecule has 3 nitrogen and oxygen atoms in total. The molecule has 1 saturated heterocycles. The van der Waals surface area contributed by atoms with Crippen LogP contribution in [0.2, 0.25) is 0 Å². The highest BCUT2D eigenvalue weighted by molar-refractivity contribution is 7.15. The van der Waals surface area contributed by atoms with E-state index in [2.05, 4.69) is 36.0 Å². The van der Waals surface area contributed by atoms with E-state index in [1.165, 1.54) is 48.7 Å². The molecular weight excluding hydrogens is 254 g/mol. The lowest BCUT2D eigenvalue weighted by atomic mass is 9.99. The molecule has 1 aliphatic rings. The fourth-order valence-corrected chi connectivity index (χ4v) is 3.66. The second-order valence-electron chi connectivity index (χ2n) is 5.78. The minimum absolute atomic E-state index is 0.536. The lowest BCUT2D eigenvalue weighted by Gasteiger charge is -2.35. The monoisotopic (exact) mass is 281 g/mol. The molecule has 1 aliphatic heterocycles. The van der Waals surface area contributed by atoms with Crippen molar-refractivity contribution in [2.45, 2.75) is 71.5 Å². The molecule has 108 valence electrons. The zero-order chi connectivity index (χ0) is 13.7. The fourth-order valence-electron chi connectivity index (χ4n) is 2.70. The van der Waals surface area contributed by atoms with Crippen LogP contribution in [0.3, 0.4) is 0 Å². The zero-order valence-corrected chi connectivity index (χ0v) is 13.3.